The molecule has 4 heteroatoms. The first-order chi connectivity index (χ1) is 12.8. The number of furan rings is 2. The van der Waals surface area contributed by atoms with Crippen LogP contribution in [0.25, 0.3) is 12.2 Å². The van der Waals surface area contributed by atoms with Gasteiger partial charge in [0, 0.05) is 30.8 Å². The number of hydrogen-bond donors (Lipinski definition) is 0. The van der Waals surface area contributed by atoms with Crippen LogP contribution in [-0.2, 0) is 11.3 Å². The van der Waals surface area contributed by atoms with Crippen LogP contribution in [0.2, 0.25) is 0 Å². The number of nitrogens with zero attached hydrogens (tertiary/aromatic N) is 1. The number of ketones is 1. The molecule has 3 aromatic rings. The molecular formula is C22H19NO3. The van der Waals surface area contributed by atoms with Gasteiger partial charge in [0.1, 0.15) is 11.5 Å². The van der Waals surface area contributed by atoms with Crippen LogP contribution in [0.4, 0.5) is 0 Å². The molecule has 0 amide bonds. The van der Waals surface area contributed by atoms with Crippen LogP contribution in [0.1, 0.15) is 17.1 Å². The highest BCUT2D eigenvalue weighted by atomic mass is 16.3. The molecular weight excluding hydrogens is 326 g/mol. The second kappa shape index (κ2) is 7.42. The van der Waals surface area contributed by atoms with Gasteiger partial charge in [-0.1, -0.05) is 30.3 Å². The molecule has 1 aromatic carbocycles. The molecule has 0 N–H and O–H groups in total. The number of hydrogen-bond acceptors (Lipinski definition) is 4. The van der Waals surface area contributed by atoms with Crippen molar-refractivity contribution in [3.05, 3.63) is 95.4 Å². The lowest BCUT2D eigenvalue weighted by molar-refractivity contribution is -0.113. The quantitative estimate of drug-likeness (QED) is 0.657. The maximum absolute atomic E-state index is 12.9. The lowest BCUT2D eigenvalue weighted by Gasteiger charge is -2.29. The third kappa shape index (κ3) is 3.76. The molecule has 1 saturated heterocycles. The van der Waals surface area contributed by atoms with Gasteiger partial charge in [-0.25, -0.2) is 0 Å². The molecule has 2 aromatic heterocycles. The van der Waals surface area contributed by atoms with Crippen molar-refractivity contribution < 1.29 is 13.6 Å². The van der Waals surface area contributed by atoms with Crippen molar-refractivity contribution >= 4 is 17.9 Å². The minimum atomic E-state index is 0.0436. The highest BCUT2D eigenvalue weighted by Crippen LogP contribution is 2.23. The van der Waals surface area contributed by atoms with Crippen molar-refractivity contribution in [2.45, 2.75) is 6.54 Å². The summed E-state index contributed by atoms with van der Waals surface area (Å²) in [4.78, 5) is 15.2. The van der Waals surface area contributed by atoms with E-state index in [9.17, 15) is 4.79 Å². The second-order valence-corrected chi connectivity index (χ2v) is 6.33. The number of carbonyl (C=O) groups excluding carboxylic acids is 1. The summed E-state index contributed by atoms with van der Waals surface area (Å²) in [5.41, 5.74) is 2.66. The normalized spacial score (nSPS) is 18.7. The number of rotatable bonds is 4. The molecule has 4 rings (SSSR count). The van der Waals surface area contributed by atoms with Gasteiger partial charge in [-0.15, -0.1) is 0 Å². The van der Waals surface area contributed by atoms with E-state index in [0.29, 0.717) is 24.6 Å². The van der Waals surface area contributed by atoms with E-state index in [-0.39, 0.29) is 5.78 Å². The van der Waals surface area contributed by atoms with E-state index in [1.165, 1.54) is 5.56 Å². The molecule has 0 bridgehead atoms. The average Bonchev–Trinajstić information content (AvgIpc) is 3.34. The molecule has 130 valence electrons. The molecule has 0 spiro atoms. The minimum Gasteiger partial charge on any atom is -0.465 e. The fourth-order valence-electron chi connectivity index (χ4n) is 3.15. The number of piperidine rings is 1. The summed E-state index contributed by atoms with van der Waals surface area (Å²) >= 11 is 0. The van der Waals surface area contributed by atoms with Crippen molar-refractivity contribution in [3.63, 3.8) is 0 Å². The Morgan fingerprint density at radius 3 is 1.88 bits per heavy atom. The Morgan fingerprint density at radius 1 is 0.808 bits per heavy atom. The van der Waals surface area contributed by atoms with E-state index >= 15 is 0 Å². The zero-order valence-electron chi connectivity index (χ0n) is 14.3. The molecule has 1 aliphatic rings. The van der Waals surface area contributed by atoms with Crippen LogP contribution in [0.15, 0.2) is 87.1 Å². The van der Waals surface area contributed by atoms with Gasteiger partial charge in [0.15, 0.2) is 5.78 Å². The van der Waals surface area contributed by atoms with Crippen molar-refractivity contribution in [2.24, 2.45) is 0 Å². The molecule has 0 unspecified atom stereocenters. The van der Waals surface area contributed by atoms with Gasteiger partial charge < -0.3 is 8.83 Å². The topological polar surface area (TPSA) is 46.6 Å². The molecule has 0 radical (unpaired) electrons. The van der Waals surface area contributed by atoms with E-state index in [1.807, 2.05) is 54.6 Å². The second-order valence-electron chi connectivity index (χ2n) is 6.33. The summed E-state index contributed by atoms with van der Waals surface area (Å²) in [5.74, 6) is 1.42. The van der Waals surface area contributed by atoms with Crippen molar-refractivity contribution in [1.29, 1.82) is 0 Å². The van der Waals surface area contributed by atoms with Gasteiger partial charge in [0.25, 0.3) is 0 Å². The van der Waals surface area contributed by atoms with E-state index in [0.717, 1.165) is 17.7 Å². The Morgan fingerprint density at radius 2 is 1.38 bits per heavy atom. The Bertz CT molecular complexity index is 863. The van der Waals surface area contributed by atoms with Crippen LogP contribution in [0, 0.1) is 0 Å². The average molecular weight is 345 g/mol. The number of Topliss-reactive ketones (excluding diaryl/α,β-unsaturated/α-hetero) is 1. The number of likely N-dealkylation sites (tertiary alicyclic amines) is 1. The van der Waals surface area contributed by atoms with Gasteiger partial charge in [-0.05, 0) is 42.0 Å². The van der Waals surface area contributed by atoms with Crippen LogP contribution in [-0.4, -0.2) is 23.8 Å². The van der Waals surface area contributed by atoms with Crippen molar-refractivity contribution in [2.75, 3.05) is 13.1 Å². The fourth-order valence-corrected chi connectivity index (χ4v) is 3.15. The third-order valence-electron chi connectivity index (χ3n) is 4.34. The molecule has 1 aliphatic heterocycles. The Labute approximate surface area is 152 Å². The smallest absolute Gasteiger partial charge is 0.187 e. The van der Waals surface area contributed by atoms with E-state index in [2.05, 4.69) is 17.0 Å². The highest BCUT2D eigenvalue weighted by Gasteiger charge is 2.26. The summed E-state index contributed by atoms with van der Waals surface area (Å²) in [6, 6.07) is 17.6. The summed E-state index contributed by atoms with van der Waals surface area (Å²) in [5, 5.41) is 0. The predicted octanol–water partition coefficient (Wildman–Crippen LogP) is 4.42. The van der Waals surface area contributed by atoms with E-state index in [1.54, 1.807) is 12.5 Å². The largest absolute Gasteiger partial charge is 0.465 e. The monoisotopic (exact) mass is 345 g/mol. The summed E-state index contributed by atoms with van der Waals surface area (Å²) in [7, 11) is 0. The molecule has 3 heterocycles. The zero-order valence-corrected chi connectivity index (χ0v) is 14.3. The summed E-state index contributed by atoms with van der Waals surface area (Å²) in [6.07, 6.45) is 6.88. The van der Waals surface area contributed by atoms with Crippen molar-refractivity contribution in [3.8, 4) is 0 Å². The predicted molar refractivity (Wildman–Crippen MR) is 100 cm³/mol. The van der Waals surface area contributed by atoms with Crippen molar-refractivity contribution in [1.82, 2.24) is 4.90 Å². The summed E-state index contributed by atoms with van der Waals surface area (Å²) in [6.45, 7) is 1.95. The van der Waals surface area contributed by atoms with Gasteiger partial charge >= 0.3 is 0 Å². The Balaban J connectivity index is 1.64. The zero-order chi connectivity index (χ0) is 17.8. The van der Waals surface area contributed by atoms with E-state index in [4.69, 9.17) is 8.83 Å². The van der Waals surface area contributed by atoms with Crippen LogP contribution < -0.4 is 0 Å². The van der Waals surface area contributed by atoms with Crippen LogP contribution in [0.3, 0.4) is 0 Å². The first-order valence-corrected chi connectivity index (χ1v) is 8.57. The molecule has 0 aliphatic carbocycles. The highest BCUT2D eigenvalue weighted by molar-refractivity contribution is 6.14. The maximum Gasteiger partial charge on any atom is 0.187 e. The molecule has 4 nitrogen and oxygen atoms in total. The third-order valence-corrected chi connectivity index (χ3v) is 4.34. The SMILES string of the molecule is O=C1/C(=C/c2ccco2)CN(Cc2ccccc2)C/C1=C\c1ccco1. The van der Waals surface area contributed by atoms with Gasteiger partial charge in [0.05, 0.1) is 12.5 Å². The lowest BCUT2D eigenvalue weighted by atomic mass is 9.95. The first kappa shape index (κ1) is 16.4. The van der Waals surface area contributed by atoms with Gasteiger partial charge in [-0.3, -0.25) is 9.69 Å². The maximum atomic E-state index is 12.9. The minimum absolute atomic E-state index is 0.0436. The van der Waals surface area contributed by atoms with Crippen LogP contribution in [0.5, 0.6) is 0 Å². The fraction of sp³-hybridized carbons (Fsp3) is 0.136. The molecule has 26 heavy (non-hydrogen) atoms. The number of carbonyl (C=O) groups is 1. The Kier molecular flexibility index (Phi) is 4.67. The standard InChI is InChI=1S/C22H19NO3/c24-22-18(12-20-8-4-10-25-20)15-23(14-17-6-2-1-3-7-17)16-19(22)13-21-9-5-11-26-21/h1-13H,14-16H2/b18-12+,19-13+. The van der Waals surface area contributed by atoms with Gasteiger partial charge in [0.2, 0.25) is 0 Å². The Hall–Kier alpha value is -3.11. The molecule has 1 fully saturated rings. The van der Waals surface area contributed by atoms with Crippen LogP contribution >= 0.6 is 0 Å². The van der Waals surface area contributed by atoms with E-state index < -0.39 is 0 Å². The van der Waals surface area contributed by atoms with Gasteiger partial charge in [-0.2, -0.15) is 0 Å². The molecule has 0 saturated carbocycles. The first-order valence-electron chi connectivity index (χ1n) is 8.57. The molecule has 0 atom stereocenters. The lowest BCUT2D eigenvalue weighted by Crippen LogP contribution is -2.37. The number of benzene rings is 1. The summed E-state index contributed by atoms with van der Waals surface area (Å²) < 4.78 is 10.8.